The first-order valence-corrected chi connectivity index (χ1v) is 11.6. The van der Waals surface area contributed by atoms with Gasteiger partial charge >= 0.3 is 0 Å². The van der Waals surface area contributed by atoms with Gasteiger partial charge in [0.05, 0.1) is 5.69 Å². The molecule has 0 aliphatic carbocycles. The Balaban J connectivity index is 1.44. The Morgan fingerprint density at radius 1 is 1.17 bits per heavy atom. The fraction of sp³-hybridized carbons (Fsp3) is 0.565. The van der Waals surface area contributed by atoms with Gasteiger partial charge in [0.15, 0.2) is 16.6 Å². The molecule has 0 saturated carbocycles. The quantitative estimate of drug-likeness (QED) is 0.728. The summed E-state index contributed by atoms with van der Waals surface area (Å²) in [7, 11) is 0. The SMILES string of the molecule is CC(C)(C)c1nc(NC(=O)CCN2CCCCC2)sc1Cc1ccc2c(c1)OCO2. The van der Waals surface area contributed by atoms with Gasteiger partial charge in [0, 0.05) is 29.7 Å². The molecule has 1 saturated heterocycles. The molecule has 2 aliphatic heterocycles. The molecule has 4 rings (SSSR count). The van der Waals surface area contributed by atoms with Crippen LogP contribution in [0.5, 0.6) is 11.5 Å². The Morgan fingerprint density at radius 2 is 1.93 bits per heavy atom. The molecule has 3 heterocycles. The predicted octanol–water partition coefficient (Wildman–Crippen LogP) is 4.57. The Labute approximate surface area is 182 Å². The third-order valence-corrected chi connectivity index (χ3v) is 6.53. The summed E-state index contributed by atoms with van der Waals surface area (Å²) in [6, 6.07) is 6.06. The van der Waals surface area contributed by atoms with Gasteiger partial charge in [-0.15, -0.1) is 11.3 Å². The van der Waals surface area contributed by atoms with E-state index in [9.17, 15) is 4.79 Å². The molecular weight excluding hydrogens is 398 g/mol. The molecule has 2 aromatic rings. The van der Waals surface area contributed by atoms with Crippen LogP contribution in [0.15, 0.2) is 18.2 Å². The number of hydrogen-bond donors (Lipinski definition) is 1. The van der Waals surface area contributed by atoms with Crippen molar-refractivity contribution in [3.05, 3.63) is 34.3 Å². The second-order valence-electron chi connectivity index (χ2n) is 9.11. The minimum absolute atomic E-state index is 0.0458. The fourth-order valence-corrected chi connectivity index (χ4v) is 5.19. The maximum Gasteiger partial charge on any atom is 0.231 e. The number of hydrogen-bond acceptors (Lipinski definition) is 6. The van der Waals surface area contributed by atoms with E-state index in [0.717, 1.165) is 48.8 Å². The van der Waals surface area contributed by atoms with Crippen LogP contribution in [-0.2, 0) is 16.6 Å². The molecule has 2 aliphatic rings. The lowest BCUT2D eigenvalue weighted by Crippen LogP contribution is -2.32. The van der Waals surface area contributed by atoms with Crippen molar-refractivity contribution >= 4 is 22.4 Å². The third-order valence-electron chi connectivity index (χ3n) is 5.56. The van der Waals surface area contributed by atoms with Gasteiger partial charge in [0.25, 0.3) is 0 Å². The molecule has 0 spiro atoms. The summed E-state index contributed by atoms with van der Waals surface area (Å²) in [5.74, 6) is 1.63. The minimum atomic E-state index is -0.0983. The van der Waals surface area contributed by atoms with Crippen molar-refractivity contribution in [3.63, 3.8) is 0 Å². The molecule has 1 N–H and O–H groups in total. The summed E-state index contributed by atoms with van der Waals surface area (Å²) in [5.41, 5.74) is 2.09. The second kappa shape index (κ2) is 8.94. The molecule has 30 heavy (non-hydrogen) atoms. The Morgan fingerprint density at radius 3 is 2.70 bits per heavy atom. The highest BCUT2D eigenvalue weighted by molar-refractivity contribution is 7.15. The number of likely N-dealkylation sites (tertiary alicyclic amines) is 1. The zero-order chi connectivity index (χ0) is 21.1. The zero-order valence-corrected chi connectivity index (χ0v) is 18.9. The van der Waals surface area contributed by atoms with Crippen LogP contribution >= 0.6 is 11.3 Å². The van der Waals surface area contributed by atoms with E-state index in [4.69, 9.17) is 14.5 Å². The number of thiazole rings is 1. The van der Waals surface area contributed by atoms with Crippen molar-refractivity contribution < 1.29 is 14.3 Å². The summed E-state index contributed by atoms with van der Waals surface area (Å²) in [6.07, 6.45) is 5.06. The molecule has 0 radical (unpaired) electrons. The van der Waals surface area contributed by atoms with Gasteiger partial charge < -0.3 is 19.7 Å². The van der Waals surface area contributed by atoms with E-state index in [1.165, 1.54) is 24.1 Å². The highest BCUT2D eigenvalue weighted by atomic mass is 32.1. The average molecular weight is 430 g/mol. The monoisotopic (exact) mass is 429 g/mol. The van der Waals surface area contributed by atoms with E-state index < -0.39 is 0 Å². The Hall–Kier alpha value is -2.12. The molecule has 0 atom stereocenters. The van der Waals surface area contributed by atoms with E-state index in [1.54, 1.807) is 11.3 Å². The molecule has 0 bridgehead atoms. The number of benzene rings is 1. The lowest BCUT2D eigenvalue weighted by atomic mass is 9.90. The van der Waals surface area contributed by atoms with Crippen LogP contribution in [-0.4, -0.2) is 42.2 Å². The van der Waals surface area contributed by atoms with E-state index in [1.807, 2.05) is 12.1 Å². The van der Waals surface area contributed by atoms with Gasteiger partial charge in [0.1, 0.15) is 0 Å². The summed E-state index contributed by atoms with van der Waals surface area (Å²) in [6.45, 7) is 9.80. The smallest absolute Gasteiger partial charge is 0.231 e. The second-order valence-corrected chi connectivity index (χ2v) is 10.2. The van der Waals surface area contributed by atoms with Gasteiger partial charge in [-0.2, -0.15) is 0 Å². The lowest BCUT2D eigenvalue weighted by molar-refractivity contribution is -0.116. The van der Waals surface area contributed by atoms with Gasteiger partial charge in [0.2, 0.25) is 12.7 Å². The molecule has 1 amide bonds. The standard InChI is InChI=1S/C23H31N3O3S/c1-23(2,3)21-19(14-16-7-8-17-18(13-16)29-15-28-17)30-22(25-21)24-20(27)9-12-26-10-5-4-6-11-26/h7-8,13H,4-6,9-12,14-15H2,1-3H3,(H,24,25,27). The van der Waals surface area contributed by atoms with Crippen molar-refractivity contribution in [1.29, 1.82) is 0 Å². The molecule has 0 unspecified atom stereocenters. The summed E-state index contributed by atoms with van der Waals surface area (Å²) in [5, 5.41) is 3.73. The first-order valence-electron chi connectivity index (χ1n) is 10.8. The maximum atomic E-state index is 12.5. The van der Waals surface area contributed by atoms with Crippen LogP contribution in [0.3, 0.4) is 0 Å². The molecule has 1 aromatic carbocycles. The Kier molecular flexibility index (Phi) is 6.29. The van der Waals surface area contributed by atoms with Gasteiger partial charge in [-0.1, -0.05) is 33.3 Å². The zero-order valence-electron chi connectivity index (χ0n) is 18.1. The average Bonchev–Trinajstić information content (AvgIpc) is 3.33. The van der Waals surface area contributed by atoms with Crippen LogP contribution in [0.1, 0.15) is 62.6 Å². The predicted molar refractivity (Wildman–Crippen MR) is 120 cm³/mol. The van der Waals surface area contributed by atoms with E-state index in [-0.39, 0.29) is 18.1 Å². The molecule has 1 fully saturated rings. The number of ether oxygens (including phenoxy) is 2. The fourth-order valence-electron chi connectivity index (χ4n) is 3.97. The molecule has 1 aromatic heterocycles. The van der Waals surface area contributed by atoms with Crippen molar-refractivity contribution in [1.82, 2.24) is 9.88 Å². The highest BCUT2D eigenvalue weighted by Crippen LogP contribution is 2.37. The van der Waals surface area contributed by atoms with Crippen molar-refractivity contribution in [2.75, 3.05) is 31.7 Å². The van der Waals surface area contributed by atoms with Gasteiger partial charge in [-0.25, -0.2) is 4.98 Å². The summed E-state index contributed by atoms with van der Waals surface area (Å²) in [4.78, 5) is 20.9. The van der Waals surface area contributed by atoms with Crippen LogP contribution < -0.4 is 14.8 Å². The number of anilines is 1. The first kappa shape index (κ1) is 21.1. The minimum Gasteiger partial charge on any atom is -0.454 e. The maximum absolute atomic E-state index is 12.5. The van der Waals surface area contributed by atoms with Gasteiger partial charge in [-0.05, 0) is 43.6 Å². The number of rotatable bonds is 6. The number of fused-ring (bicyclic) bond motifs is 1. The highest BCUT2D eigenvalue weighted by Gasteiger charge is 2.25. The number of carbonyl (C=O) groups excluding carboxylic acids is 1. The normalized spacial score (nSPS) is 16.6. The van der Waals surface area contributed by atoms with Crippen LogP contribution in [0.2, 0.25) is 0 Å². The number of nitrogens with one attached hydrogen (secondary N) is 1. The van der Waals surface area contributed by atoms with E-state index in [0.29, 0.717) is 11.6 Å². The van der Waals surface area contributed by atoms with Gasteiger partial charge in [-0.3, -0.25) is 4.79 Å². The Bertz CT molecular complexity index is 898. The molecule has 162 valence electrons. The largest absolute Gasteiger partial charge is 0.454 e. The van der Waals surface area contributed by atoms with Crippen LogP contribution in [0.4, 0.5) is 5.13 Å². The molecule has 7 heteroatoms. The van der Waals surface area contributed by atoms with E-state index >= 15 is 0 Å². The number of nitrogens with zero attached hydrogens (tertiary/aromatic N) is 2. The number of carbonyl (C=O) groups is 1. The molecule has 6 nitrogen and oxygen atoms in total. The number of aromatic nitrogens is 1. The third kappa shape index (κ3) is 5.13. The summed E-state index contributed by atoms with van der Waals surface area (Å²) < 4.78 is 10.9. The van der Waals surface area contributed by atoms with Crippen molar-refractivity contribution in [2.24, 2.45) is 0 Å². The van der Waals surface area contributed by atoms with Crippen LogP contribution in [0, 0.1) is 0 Å². The first-order chi connectivity index (χ1) is 14.4. The molecular formula is C23H31N3O3S. The number of amides is 1. The van der Waals surface area contributed by atoms with Crippen LogP contribution in [0.25, 0.3) is 0 Å². The van der Waals surface area contributed by atoms with E-state index in [2.05, 4.69) is 37.1 Å². The lowest BCUT2D eigenvalue weighted by Gasteiger charge is -2.25. The van der Waals surface area contributed by atoms with Crippen molar-refractivity contribution in [2.45, 2.75) is 58.3 Å². The van der Waals surface area contributed by atoms with Crippen molar-refractivity contribution in [3.8, 4) is 11.5 Å². The summed E-state index contributed by atoms with van der Waals surface area (Å²) >= 11 is 1.58. The topological polar surface area (TPSA) is 63.7 Å². The number of piperidine rings is 1.